The molecule has 0 aromatic heterocycles. The van der Waals surface area contributed by atoms with Crippen molar-refractivity contribution in [1.29, 1.82) is 0 Å². The van der Waals surface area contributed by atoms with Crippen molar-refractivity contribution in [3.05, 3.63) is 53.8 Å². The number of ether oxygens (including phenoxy) is 2. The first kappa shape index (κ1) is 20.3. The van der Waals surface area contributed by atoms with Crippen LogP contribution in [0.15, 0.2) is 42.5 Å². The van der Waals surface area contributed by atoms with E-state index < -0.39 is 0 Å². The van der Waals surface area contributed by atoms with Gasteiger partial charge in [-0.15, -0.1) is 0 Å². The van der Waals surface area contributed by atoms with Gasteiger partial charge in [0.05, 0.1) is 12.6 Å². The predicted octanol–water partition coefficient (Wildman–Crippen LogP) is 4.77. The molecule has 3 saturated heterocycles. The average Bonchev–Trinajstić information content (AvgIpc) is 2.76. The maximum atomic E-state index is 13.7. The third kappa shape index (κ3) is 4.01. The van der Waals surface area contributed by atoms with E-state index >= 15 is 0 Å². The molecule has 0 radical (unpaired) electrons. The van der Waals surface area contributed by atoms with Crippen molar-refractivity contribution < 1.29 is 18.7 Å². The van der Waals surface area contributed by atoms with Crippen LogP contribution in [0, 0.1) is 17.2 Å². The lowest BCUT2D eigenvalue weighted by Crippen LogP contribution is -2.53. The SMILES string of the molecule is CC1(C)COc2ccc(-c3cccc(F)c3)cc2C1NC(=O)O[C@H]1CN2CCC1CC2. The van der Waals surface area contributed by atoms with Crippen molar-refractivity contribution in [2.45, 2.75) is 38.8 Å². The average molecular weight is 425 g/mol. The van der Waals surface area contributed by atoms with E-state index in [1.165, 1.54) is 12.1 Å². The Bertz CT molecular complexity index is 984. The second-order valence-corrected chi connectivity index (χ2v) is 9.70. The number of halogens is 1. The Morgan fingerprint density at radius 2 is 1.94 bits per heavy atom. The molecule has 2 aromatic carbocycles. The highest BCUT2D eigenvalue weighted by Gasteiger charge is 2.41. The van der Waals surface area contributed by atoms with Crippen LogP contribution in [-0.4, -0.2) is 43.3 Å². The quantitative estimate of drug-likeness (QED) is 0.771. The fourth-order valence-corrected chi connectivity index (χ4v) is 5.13. The molecule has 4 heterocycles. The van der Waals surface area contributed by atoms with E-state index in [1.807, 2.05) is 24.3 Å². The Hall–Kier alpha value is -2.60. The molecule has 5 nitrogen and oxygen atoms in total. The normalized spacial score (nSPS) is 28.4. The molecule has 2 atom stereocenters. The lowest BCUT2D eigenvalue weighted by molar-refractivity contribution is -0.0361. The molecule has 0 spiro atoms. The summed E-state index contributed by atoms with van der Waals surface area (Å²) in [4.78, 5) is 15.3. The van der Waals surface area contributed by atoms with E-state index in [0.29, 0.717) is 12.5 Å². The largest absolute Gasteiger partial charge is 0.493 e. The van der Waals surface area contributed by atoms with Gasteiger partial charge in [0.2, 0.25) is 0 Å². The number of fused-ring (bicyclic) bond motifs is 4. The molecule has 1 N–H and O–H groups in total. The molecule has 2 aromatic rings. The van der Waals surface area contributed by atoms with E-state index in [1.54, 1.807) is 6.07 Å². The summed E-state index contributed by atoms with van der Waals surface area (Å²) in [6.07, 6.45) is 1.78. The van der Waals surface area contributed by atoms with Crippen LogP contribution in [0.5, 0.6) is 5.75 Å². The molecule has 0 saturated carbocycles. The first-order chi connectivity index (χ1) is 14.9. The number of hydrogen-bond acceptors (Lipinski definition) is 4. The molecular formula is C25H29FN2O3. The Labute approximate surface area is 182 Å². The summed E-state index contributed by atoms with van der Waals surface area (Å²) < 4.78 is 25.6. The Balaban J connectivity index is 1.39. The van der Waals surface area contributed by atoms with Gasteiger partial charge in [0.1, 0.15) is 17.7 Å². The van der Waals surface area contributed by atoms with Crippen LogP contribution in [0.25, 0.3) is 11.1 Å². The number of rotatable bonds is 3. The van der Waals surface area contributed by atoms with Crippen LogP contribution in [0.1, 0.15) is 38.3 Å². The topological polar surface area (TPSA) is 50.8 Å². The molecule has 4 aliphatic rings. The molecule has 1 unspecified atom stereocenters. The van der Waals surface area contributed by atoms with Gasteiger partial charge in [-0.25, -0.2) is 9.18 Å². The zero-order valence-electron chi connectivity index (χ0n) is 18.1. The molecule has 3 fully saturated rings. The molecule has 31 heavy (non-hydrogen) atoms. The van der Waals surface area contributed by atoms with E-state index in [4.69, 9.17) is 9.47 Å². The van der Waals surface area contributed by atoms with Crippen molar-refractivity contribution in [3.63, 3.8) is 0 Å². The standard InChI is InChI=1S/C25H29FN2O3/c1-25(2)15-30-21-7-6-18(17-4-3-5-19(26)12-17)13-20(21)23(25)27-24(29)31-22-14-28-10-8-16(22)9-11-28/h3-7,12-13,16,22-23H,8-11,14-15H2,1-2H3,(H,27,29)/t22-,23?/m0/s1. The van der Waals surface area contributed by atoms with Gasteiger partial charge in [-0.1, -0.05) is 32.0 Å². The lowest BCUT2D eigenvalue weighted by Gasteiger charge is -2.44. The summed E-state index contributed by atoms with van der Waals surface area (Å²) >= 11 is 0. The van der Waals surface area contributed by atoms with Gasteiger partial charge in [-0.05, 0) is 67.2 Å². The van der Waals surface area contributed by atoms with Crippen LogP contribution in [0.4, 0.5) is 9.18 Å². The highest BCUT2D eigenvalue weighted by Crippen LogP contribution is 2.44. The third-order valence-electron chi connectivity index (χ3n) is 6.98. The molecular weight excluding hydrogens is 395 g/mol. The molecule has 4 aliphatic heterocycles. The molecule has 6 rings (SSSR count). The van der Waals surface area contributed by atoms with Gasteiger partial charge < -0.3 is 14.8 Å². The van der Waals surface area contributed by atoms with Crippen LogP contribution in [0.3, 0.4) is 0 Å². The summed E-state index contributed by atoms with van der Waals surface area (Å²) in [5, 5.41) is 3.13. The van der Waals surface area contributed by atoms with E-state index in [0.717, 1.165) is 54.9 Å². The van der Waals surface area contributed by atoms with Crippen molar-refractivity contribution in [1.82, 2.24) is 10.2 Å². The van der Waals surface area contributed by atoms with Crippen LogP contribution in [0.2, 0.25) is 0 Å². The maximum Gasteiger partial charge on any atom is 0.407 e. The number of nitrogens with one attached hydrogen (secondary N) is 1. The third-order valence-corrected chi connectivity index (χ3v) is 6.98. The fraction of sp³-hybridized carbons (Fsp3) is 0.480. The van der Waals surface area contributed by atoms with Gasteiger partial charge in [0.25, 0.3) is 0 Å². The fourth-order valence-electron chi connectivity index (χ4n) is 5.13. The second-order valence-electron chi connectivity index (χ2n) is 9.70. The number of carbonyl (C=O) groups is 1. The number of alkyl carbamates (subject to hydrolysis) is 1. The number of nitrogens with zero attached hydrogens (tertiary/aromatic N) is 1. The number of hydrogen-bond donors (Lipinski definition) is 1. The first-order valence-electron chi connectivity index (χ1n) is 11.1. The summed E-state index contributed by atoms with van der Waals surface area (Å²) in [6.45, 7) is 7.68. The Morgan fingerprint density at radius 3 is 2.65 bits per heavy atom. The minimum absolute atomic E-state index is 0.0384. The van der Waals surface area contributed by atoms with Crippen molar-refractivity contribution >= 4 is 6.09 Å². The van der Waals surface area contributed by atoms with E-state index in [-0.39, 0.29) is 29.5 Å². The second kappa shape index (κ2) is 7.83. The van der Waals surface area contributed by atoms with Gasteiger partial charge in [0, 0.05) is 17.5 Å². The monoisotopic (exact) mass is 424 g/mol. The zero-order chi connectivity index (χ0) is 21.6. The molecule has 164 valence electrons. The van der Waals surface area contributed by atoms with Crippen molar-refractivity contribution in [2.24, 2.45) is 11.3 Å². The van der Waals surface area contributed by atoms with Crippen LogP contribution >= 0.6 is 0 Å². The van der Waals surface area contributed by atoms with E-state index in [9.17, 15) is 9.18 Å². The van der Waals surface area contributed by atoms with Gasteiger partial charge >= 0.3 is 6.09 Å². The van der Waals surface area contributed by atoms with Crippen molar-refractivity contribution in [3.8, 4) is 16.9 Å². The van der Waals surface area contributed by atoms with Crippen LogP contribution < -0.4 is 10.1 Å². The molecule has 2 bridgehead atoms. The summed E-state index contributed by atoms with van der Waals surface area (Å²) in [7, 11) is 0. The Morgan fingerprint density at radius 1 is 1.16 bits per heavy atom. The van der Waals surface area contributed by atoms with E-state index in [2.05, 4.69) is 24.1 Å². The van der Waals surface area contributed by atoms with Crippen LogP contribution in [-0.2, 0) is 4.74 Å². The minimum atomic E-state index is -0.374. The lowest BCUT2D eigenvalue weighted by atomic mass is 9.78. The Kier molecular flexibility index (Phi) is 5.13. The smallest absolute Gasteiger partial charge is 0.407 e. The number of amides is 1. The number of carbonyl (C=O) groups excluding carboxylic acids is 1. The van der Waals surface area contributed by atoms with Crippen molar-refractivity contribution in [2.75, 3.05) is 26.2 Å². The molecule has 6 heteroatoms. The highest BCUT2D eigenvalue weighted by molar-refractivity contribution is 5.70. The molecule has 1 amide bonds. The zero-order valence-corrected chi connectivity index (χ0v) is 18.1. The van der Waals surface area contributed by atoms with Gasteiger partial charge in [-0.2, -0.15) is 0 Å². The predicted molar refractivity (Wildman–Crippen MR) is 116 cm³/mol. The minimum Gasteiger partial charge on any atom is -0.493 e. The summed E-state index contributed by atoms with van der Waals surface area (Å²) in [5.41, 5.74) is 2.25. The van der Waals surface area contributed by atoms with Gasteiger partial charge in [0.15, 0.2) is 0 Å². The summed E-state index contributed by atoms with van der Waals surface area (Å²) in [5.74, 6) is 0.931. The maximum absolute atomic E-state index is 13.7. The first-order valence-corrected chi connectivity index (χ1v) is 11.1. The number of piperidine rings is 3. The highest BCUT2D eigenvalue weighted by atomic mass is 19.1. The van der Waals surface area contributed by atoms with Gasteiger partial charge in [-0.3, -0.25) is 4.90 Å². The summed E-state index contributed by atoms with van der Waals surface area (Å²) in [6, 6.07) is 12.1. The molecule has 0 aliphatic carbocycles. The number of benzene rings is 2.